The molecule has 4 aromatic rings. The Morgan fingerprint density at radius 1 is 1.12 bits per heavy atom. The number of rotatable bonds is 6. The number of nitrogens with zero attached hydrogens (tertiary/aromatic N) is 3. The highest BCUT2D eigenvalue weighted by Crippen LogP contribution is 2.28. The number of ether oxygens (including phenoxy) is 1. The van der Waals surface area contributed by atoms with Crippen LogP contribution in [0, 0.1) is 0 Å². The molecule has 7 heteroatoms. The second-order valence-electron chi connectivity index (χ2n) is 5.42. The molecule has 3 heterocycles. The fourth-order valence-corrected chi connectivity index (χ4v) is 2.74. The summed E-state index contributed by atoms with van der Waals surface area (Å²) in [5, 5.41) is 4.84. The average molecular weight is 365 g/mol. The van der Waals surface area contributed by atoms with Crippen molar-refractivity contribution in [2.24, 2.45) is 0 Å². The molecule has 0 N–H and O–H groups in total. The van der Waals surface area contributed by atoms with Crippen LogP contribution in [0.4, 0.5) is 0 Å². The Hall–Kier alpha value is -3.06. The van der Waals surface area contributed by atoms with Crippen LogP contribution in [0.5, 0.6) is 5.75 Å². The Morgan fingerprint density at radius 3 is 2.88 bits per heavy atom. The predicted octanol–water partition coefficient (Wildman–Crippen LogP) is 4.69. The Kier molecular flexibility index (Phi) is 4.70. The molecule has 26 heavy (non-hydrogen) atoms. The molecule has 0 saturated carbocycles. The van der Waals surface area contributed by atoms with Gasteiger partial charge in [0, 0.05) is 23.5 Å². The first-order valence-electron chi connectivity index (χ1n) is 7.92. The first-order chi connectivity index (χ1) is 12.8. The van der Waals surface area contributed by atoms with Crippen LogP contribution < -0.4 is 4.74 Å². The van der Waals surface area contributed by atoms with Gasteiger partial charge in [-0.3, -0.25) is 4.98 Å². The van der Waals surface area contributed by atoms with E-state index in [1.54, 1.807) is 12.4 Å². The lowest BCUT2D eigenvalue weighted by Crippen LogP contribution is -1.95. The van der Waals surface area contributed by atoms with Crippen LogP contribution >= 0.6 is 11.8 Å². The molecule has 6 nitrogen and oxygen atoms in total. The van der Waals surface area contributed by atoms with Crippen molar-refractivity contribution < 1.29 is 13.7 Å². The second-order valence-corrected chi connectivity index (χ2v) is 6.23. The topological polar surface area (TPSA) is 74.2 Å². The van der Waals surface area contributed by atoms with Crippen LogP contribution in [-0.4, -0.2) is 21.4 Å². The summed E-state index contributed by atoms with van der Waals surface area (Å²) in [5.41, 5.74) is 1.81. The smallest absolute Gasteiger partial charge is 0.293 e. The van der Waals surface area contributed by atoms with Gasteiger partial charge in [0.2, 0.25) is 5.82 Å². The first-order valence-corrected chi connectivity index (χ1v) is 9.14. The van der Waals surface area contributed by atoms with E-state index in [1.165, 1.54) is 11.8 Å². The second kappa shape index (κ2) is 7.45. The first kappa shape index (κ1) is 16.4. The Bertz CT molecular complexity index is 998. The Morgan fingerprint density at radius 2 is 2.08 bits per heavy atom. The third-order valence-electron chi connectivity index (χ3n) is 3.64. The third-order valence-corrected chi connectivity index (χ3v) is 4.26. The molecule has 0 aliphatic rings. The average Bonchev–Trinajstić information content (AvgIpc) is 3.37. The lowest BCUT2D eigenvalue weighted by Gasteiger charge is -2.06. The van der Waals surface area contributed by atoms with Crippen molar-refractivity contribution in [2.75, 3.05) is 6.26 Å². The van der Waals surface area contributed by atoms with Gasteiger partial charge in [0.15, 0.2) is 10.9 Å². The van der Waals surface area contributed by atoms with Gasteiger partial charge in [-0.15, -0.1) is 0 Å². The minimum Gasteiger partial charge on any atom is -0.489 e. The van der Waals surface area contributed by atoms with E-state index in [-0.39, 0.29) is 0 Å². The van der Waals surface area contributed by atoms with E-state index in [9.17, 15) is 0 Å². The molecule has 0 aliphatic carbocycles. The van der Waals surface area contributed by atoms with Crippen LogP contribution in [0.1, 0.15) is 5.56 Å². The highest BCUT2D eigenvalue weighted by molar-refractivity contribution is 7.98. The van der Waals surface area contributed by atoms with E-state index < -0.39 is 0 Å². The summed E-state index contributed by atoms with van der Waals surface area (Å²) in [7, 11) is 0. The van der Waals surface area contributed by atoms with Gasteiger partial charge in [0.05, 0.1) is 0 Å². The van der Waals surface area contributed by atoms with Gasteiger partial charge in [-0.2, -0.15) is 4.98 Å². The predicted molar refractivity (Wildman–Crippen MR) is 97.8 cm³/mol. The molecule has 3 aromatic heterocycles. The van der Waals surface area contributed by atoms with Crippen molar-refractivity contribution in [1.82, 2.24) is 15.1 Å². The van der Waals surface area contributed by atoms with Crippen molar-refractivity contribution in [1.29, 1.82) is 0 Å². The molecular weight excluding hydrogens is 350 g/mol. The molecule has 0 unspecified atom stereocenters. The maximum absolute atomic E-state index is 5.82. The van der Waals surface area contributed by atoms with Crippen molar-refractivity contribution in [3.05, 3.63) is 66.5 Å². The van der Waals surface area contributed by atoms with Gasteiger partial charge < -0.3 is 13.7 Å². The van der Waals surface area contributed by atoms with Gasteiger partial charge in [0.1, 0.15) is 12.4 Å². The summed E-state index contributed by atoms with van der Waals surface area (Å²) in [5.74, 6) is 2.10. The minimum absolute atomic E-state index is 0.349. The van der Waals surface area contributed by atoms with Gasteiger partial charge in [-0.25, -0.2) is 0 Å². The summed E-state index contributed by atoms with van der Waals surface area (Å²) < 4.78 is 16.8. The zero-order valence-corrected chi connectivity index (χ0v) is 14.8. The zero-order chi connectivity index (χ0) is 17.8. The van der Waals surface area contributed by atoms with E-state index in [0.29, 0.717) is 24.1 Å². The molecule has 0 atom stereocenters. The monoisotopic (exact) mass is 365 g/mol. The van der Waals surface area contributed by atoms with Crippen molar-refractivity contribution in [2.45, 2.75) is 11.7 Å². The van der Waals surface area contributed by atoms with Crippen molar-refractivity contribution >= 4 is 11.8 Å². The van der Waals surface area contributed by atoms with Gasteiger partial charge >= 0.3 is 0 Å². The van der Waals surface area contributed by atoms with Gasteiger partial charge in [-0.05, 0) is 36.6 Å². The van der Waals surface area contributed by atoms with E-state index in [1.807, 2.05) is 54.8 Å². The molecule has 1 aromatic carbocycles. The number of aromatic nitrogens is 3. The van der Waals surface area contributed by atoms with Crippen molar-refractivity contribution in [3.8, 4) is 28.8 Å². The molecule has 0 saturated heterocycles. The zero-order valence-electron chi connectivity index (χ0n) is 14.0. The van der Waals surface area contributed by atoms with Crippen LogP contribution in [-0.2, 0) is 6.61 Å². The lowest BCUT2D eigenvalue weighted by molar-refractivity contribution is 0.306. The molecule has 4 rings (SSSR count). The third kappa shape index (κ3) is 3.62. The molecule has 130 valence electrons. The standard InChI is InChI=1S/C19H15N3O3S/c1-26-17-8-7-16(24-17)19-21-18(22-25-19)14-5-2-6-15(10-14)23-12-13-4-3-9-20-11-13/h2-11H,12H2,1H3. The van der Waals surface area contributed by atoms with E-state index in [0.717, 1.165) is 22.0 Å². The van der Waals surface area contributed by atoms with E-state index >= 15 is 0 Å². The molecule has 0 amide bonds. The number of hydrogen-bond acceptors (Lipinski definition) is 7. The molecular formula is C19H15N3O3S. The minimum atomic E-state index is 0.349. The normalized spacial score (nSPS) is 10.8. The number of thioether (sulfide) groups is 1. The van der Waals surface area contributed by atoms with Crippen molar-refractivity contribution in [3.63, 3.8) is 0 Å². The SMILES string of the molecule is CSc1ccc(-c2nc(-c3cccc(OCc4cccnc4)c3)no2)o1. The fraction of sp³-hybridized carbons (Fsp3) is 0.105. The number of benzene rings is 1. The largest absolute Gasteiger partial charge is 0.489 e. The maximum atomic E-state index is 5.82. The molecule has 0 radical (unpaired) electrons. The summed E-state index contributed by atoms with van der Waals surface area (Å²) in [6.07, 6.45) is 5.46. The van der Waals surface area contributed by atoms with Crippen LogP contribution in [0.2, 0.25) is 0 Å². The summed E-state index contributed by atoms with van der Waals surface area (Å²) >= 11 is 1.52. The quantitative estimate of drug-likeness (QED) is 0.459. The fourth-order valence-electron chi connectivity index (χ4n) is 2.36. The lowest BCUT2D eigenvalue weighted by atomic mass is 10.2. The summed E-state index contributed by atoms with van der Waals surface area (Å²) in [4.78, 5) is 8.49. The number of furan rings is 1. The van der Waals surface area contributed by atoms with E-state index in [4.69, 9.17) is 13.7 Å². The molecule has 0 spiro atoms. The highest BCUT2D eigenvalue weighted by atomic mass is 32.2. The van der Waals surface area contributed by atoms with Crippen LogP contribution in [0.25, 0.3) is 23.0 Å². The summed E-state index contributed by atoms with van der Waals surface area (Å²) in [6.45, 7) is 0.443. The van der Waals surface area contributed by atoms with Gasteiger partial charge in [0.25, 0.3) is 5.89 Å². The maximum Gasteiger partial charge on any atom is 0.293 e. The van der Waals surface area contributed by atoms with Crippen LogP contribution in [0.15, 0.2) is 75.0 Å². The van der Waals surface area contributed by atoms with E-state index in [2.05, 4.69) is 15.1 Å². The number of pyridine rings is 1. The molecule has 0 fully saturated rings. The van der Waals surface area contributed by atoms with Crippen LogP contribution in [0.3, 0.4) is 0 Å². The Labute approximate surface area is 154 Å². The highest BCUT2D eigenvalue weighted by Gasteiger charge is 2.14. The molecule has 0 bridgehead atoms. The Balaban J connectivity index is 1.51. The van der Waals surface area contributed by atoms with Gasteiger partial charge in [-0.1, -0.05) is 35.1 Å². The number of hydrogen-bond donors (Lipinski definition) is 0. The summed E-state index contributed by atoms with van der Waals surface area (Å²) in [6, 6.07) is 15.1. The molecule has 0 aliphatic heterocycles.